The summed E-state index contributed by atoms with van der Waals surface area (Å²) in [4.78, 5) is 41.4. The van der Waals surface area contributed by atoms with Crippen LogP contribution in [-0.4, -0.2) is 46.7 Å². The Morgan fingerprint density at radius 1 is 0.900 bits per heavy atom. The minimum absolute atomic E-state index is 0.0849. The highest BCUT2D eigenvalue weighted by Crippen LogP contribution is 2.48. The van der Waals surface area contributed by atoms with Gasteiger partial charge in [-0.3, -0.25) is 14.4 Å². The summed E-state index contributed by atoms with van der Waals surface area (Å²) in [6.07, 6.45) is 7.41. The summed E-state index contributed by atoms with van der Waals surface area (Å²) in [6.45, 7) is 2.15. The van der Waals surface area contributed by atoms with Gasteiger partial charge >= 0.3 is 5.97 Å². The highest BCUT2D eigenvalue weighted by Gasteiger charge is 2.52. The lowest BCUT2D eigenvalue weighted by Crippen LogP contribution is -2.63. The number of amides is 2. The SMILES string of the molecule is CC(=O)NC1(N2C(=O)c3ccccc3[C@H](C(=O)O)[C@H]2c2ccc3c(c2)OCCO3)C=CC(c2ccccc2)C=C1. The monoisotopic (exact) mass is 536 g/mol. The first-order valence-corrected chi connectivity index (χ1v) is 13.2. The zero-order valence-electron chi connectivity index (χ0n) is 21.8. The largest absolute Gasteiger partial charge is 0.486 e. The quantitative estimate of drug-likeness (QED) is 0.463. The van der Waals surface area contributed by atoms with E-state index in [1.54, 1.807) is 54.6 Å². The second-order valence-corrected chi connectivity index (χ2v) is 10.1. The normalized spacial score (nSPS) is 24.8. The number of fused-ring (bicyclic) bond motifs is 2. The molecule has 0 fully saturated rings. The van der Waals surface area contributed by atoms with Gasteiger partial charge in [0.15, 0.2) is 17.2 Å². The zero-order chi connectivity index (χ0) is 27.9. The Hall–Kier alpha value is -4.85. The van der Waals surface area contributed by atoms with Crippen molar-refractivity contribution in [2.45, 2.75) is 30.5 Å². The van der Waals surface area contributed by atoms with E-state index in [0.717, 1.165) is 5.56 Å². The molecule has 0 unspecified atom stereocenters. The fourth-order valence-electron chi connectivity index (χ4n) is 5.89. The van der Waals surface area contributed by atoms with Gasteiger partial charge < -0.3 is 24.8 Å². The van der Waals surface area contributed by atoms with Gasteiger partial charge in [0, 0.05) is 18.4 Å². The van der Waals surface area contributed by atoms with E-state index in [-0.39, 0.29) is 17.4 Å². The number of carboxylic acid groups (broad SMARTS) is 1. The number of aliphatic carboxylic acids is 1. The third-order valence-corrected chi connectivity index (χ3v) is 7.59. The number of carbonyl (C=O) groups is 3. The molecule has 40 heavy (non-hydrogen) atoms. The molecule has 2 N–H and O–H groups in total. The Morgan fingerprint density at radius 3 is 2.27 bits per heavy atom. The van der Waals surface area contributed by atoms with Crippen molar-refractivity contribution in [1.82, 2.24) is 10.2 Å². The lowest BCUT2D eigenvalue weighted by atomic mass is 9.77. The molecule has 3 aromatic rings. The summed E-state index contributed by atoms with van der Waals surface area (Å²) in [5.41, 5.74) is 0.873. The van der Waals surface area contributed by atoms with Crippen LogP contribution in [0, 0.1) is 0 Å². The molecule has 2 aliphatic heterocycles. The molecular weight excluding hydrogens is 508 g/mol. The molecule has 2 heterocycles. The van der Waals surface area contributed by atoms with Crippen LogP contribution >= 0.6 is 0 Å². The summed E-state index contributed by atoms with van der Waals surface area (Å²) in [6, 6.07) is 20.8. The van der Waals surface area contributed by atoms with Crippen LogP contribution in [0.3, 0.4) is 0 Å². The molecule has 0 saturated carbocycles. The molecule has 0 saturated heterocycles. The molecule has 3 aromatic carbocycles. The summed E-state index contributed by atoms with van der Waals surface area (Å²) in [5.74, 6) is -2.02. The number of benzene rings is 3. The van der Waals surface area contributed by atoms with Gasteiger partial charge in [0.2, 0.25) is 5.91 Å². The van der Waals surface area contributed by atoms with Crippen LogP contribution in [-0.2, 0) is 9.59 Å². The maximum Gasteiger partial charge on any atom is 0.313 e. The second kappa shape index (κ2) is 10.0. The van der Waals surface area contributed by atoms with E-state index in [9.17, 15) is 19.5 Å². The lowest BCUT2D eigenvalue weighted by molar-refractivity contribution is -0.141. The van der Waals surface area contributed by atoms with E-state index in [1.165, 1.54) is 11.8 Å². The third kappa shape index (κ3) is 4.31. The summed E-state index contributed by atoms with van der Waals surface area (Å²) in [7, 11) is 0. The number of hydrogen-bond acceptors (Lipinski definition) is 5. The van der Waals surface area contributed by atoms with Gasteiger partial charge in [0.25, 0.3) is 5.91 Å². The Labute approximate surface area is 231 Å². The molecule has 2 amide bonds. The van der Waals surface area contributed by atoms with Crippen LogP contribution in [0.1, 0.15) is 51.8 Å². The van der Waals surface area contributed by atoms with Crippen LogP contribution in [0.5, 0.6) is 11.5 Å². The van der Waals surface area contributed by atoms with Gasteiger partial charge in [-0.15, -0.1) is 0 Å². The summed E-state index contributed by atoms with van der Waals surface area (Å²) < 4.78 is 11.5. The predicted octanol–water partition coefficient (Wildman–Crippen LogP) is 4.57. The van der Waals surface area contributed by atoms with E-state index in [4.69, 9.17) is 9.47 Å². The molecule has 0 spiro atoms. The molecule has 2 atom stereocenters. The van der Waals surface area contributed by atoms with E-state index in [0.29, 0.717) is 35.8 Å². The maximum absolute atomic E-state index is 14.4. The molecule has 0 bridgehead atoms. The van der Waals surface area contributed by atoms with E-state index in [1.807, 2.05) is 42.5 Å². The Morgan fingerprint density at radius 2 is 1.57 bits per heavy atom. The van der Waals surface area contributed by atoms with Crippen LogP contribution in [0.15, 0.2) is 97.1 Å². The number of allylic oxidation sites excluding steroid dienone is 2. The number of carboxylic acids is 1. The molecule has 8 nitrogen and oxygen atoms in total. The van der Waals surface area contributed by atoms with Gasteiger partial charge in [-0.2, -0.15) is 0 Å². The number of nitrogens with zero attached hydrogens (tertiary/aromatic N) is 1. The number of nitrogens with one attached hydrogen (secondary N) is 1. The van der Waals surface area contributed by atoms with Gasteiger partial charge in [-0.05, 0) is 47.0 Å². The van der Waals surface area contributed by atoms with Crippen molar-refractivity contribution in [3.63, 3.8) is 0 Å². The predicted molar refractivity (Wildman–Crippen MR) is 147 cm³/mol. The molecule has 8 heteroatoms. The minimum Gasteiger partial charge on any atom is -0.486 e. The third-order valence-electron chi connectivity index (χ3n) is 7.59. The molecular formula is C32H28N2O6. The Bertz CT molecular complexity index is 1530. The van der Waals surface area contributed by atoms with Crippen molar-refractivity contribution >= 4 is 17.8 Å². The molecule has 0 aromatic heterocycles. The van der Waals surface area contributed by atoms with Crippen molar-refractivity contribution in [3.8, 4) is 11.5 Å². The van der Waals surface area contributed by atoms with Crippen molar-refractivity contribution in [2.75, 3.05) is 13.2 Å². The smallest absolute Gasteiger partial charge is 0.313 e. The standard InChI is InChI=1S/C32H28N2O6/c1-20(35)33-32(15-13-22(14-16-32)21-7-3-2-4-8-21)34-29(23-11-12-26-27(19-23)40-18-17-39-26)28(31(37)38)24-9-5-6-10-25(24)30(34)36/h2-16,19,22,28-29H,17-18H2,1H3,(H,33,35)(H,37,38)/t22?,28-,29+,32?/m0/s1. The number of hydrogen-bond donors (Lipinski definition) is 2. The van der Waals surface area contributed by atoms with E-state index in [2.05, 4.69) is 5.32 Å². The van der Waals surface area contributed by atoms with Crippen LogP contribution in [0.4, 0.5) is 0 Å². The average Bonchev–Trinajstić information content (AvgIpc) is 2.97. The molecule has 3 aliphatic rings. The average molecular weight is 537 g/mol. The van der Waals surface area contributed by atoms with Gasteiger partial charge in [-0.25, -0.2) is 0 Å². The second-order valence-electron chi connectivity index (χ2n) is 10.1. The van der Waals surface area contributed by atoms with Crippen molar-refractivity contribution in [3.05, 3.63) is 119 Å². The highest BCUT2D eigenvalue weighted by atomic mass is 16.6. The van der Waals surface area contributed by atoms with Gasteiger partial charge in [0.05, 0.1) is 6.04 Å². The number of rotatable bonds is 5. The van der Waals surface area contributed by atoms with Crippen molar-refractivity contribution < 1.29 is 29.0 Å². The highest BCUT2D eigenvalue weighted by molar-refractivity contribution is 6.01. The summed E-state index contributed by atoms with van der Waals surface area (Å²) >= 11 is 0. The maximum atomic E-state index is 14.4. The van der Waals surface area contributed by atoms with E-state index >= 15 is 0 Å². The first kappa shape index (κ1) is 25.4. The summed E-state index contributed by atoms with van der Waals surface area (Å²) in [5, 5.41) is 13.6. The first-order chi connectivity index (χ1) is 19.4. The van der Waals surface area contributed by atoms with Gasteiger partial charge in [-0.1, -0.05) is 66.7 Å². The van der Waals surface area contributed by atoms with E-state index < -0.39 is 29.5 Å². The van der Waals surface area contributed by atoms with Crippen LogP contribution < -0.4 is 14.8 Å². The van der Waals surface area contributed by atoms with Gasteiger partial charge in [0.1, 0.15) is 19.1 Å². The molecule has 0 radical (unpaired) electrons. The lowest BCUT2D eigenvalue weighted by Gasteiger charge is -2.50. The Kier molecular flexibility index (Phi) is 6.38. The number of carbonyl (C=O) groups excluding carboxylic acids is 2. The van der Waals surface area contributed by atoms with Crippen LogP contribution in [0.25, 0.3) is 0 Å². The first-order valence-electron chi connectivity index (χ1n) is 13.2. The molecule has 1 aliphatic carbocycles. The minimum atomic E-state index is -1.42. The van der Waals surface area contributed by atoms with Crippen LogP contribution in [0.2, 0.25) is 0 Å². The molecule has 6 rings (SSSR count). The topological polar surface area (TPSA) is 105 Å². The zero-order valence-corrected chi connectivity index (χ0v) is 21.8. The number of ether oxygens (including phenoxy) is 2. The van der Waals surface area contributed by atoms with Crippen molar-refractivity contribution in [1.29, 1.82) is 0 Å². The fourth-order valence-corrected chi connectivity index (χ4v) is 5.89. The fraction of sp³-hybridized carbons (Fsp3) is 0.219. The Balaban J connectivity index is 1.54. The molecule has 202 valence electrons. The van der Waals surface area contributed by atoms with Crippen molar-refractivity contribution in [2.24, 2.45) is 0 Å².